The summed E-state index contributed by atoms with van der Waals surface area (Å²) in [4.78, 5) is 7.72. The lowest BCUT2D eigenvalue weighted by Gasteiger charge is -2.07. The van der Waals surface area contributed by atoms with Crippen LogP contribution in [0, 0.1) is 24.4 Å². The first-order chi connectivity index (χ1) is 10.0. The highest BCUT2D eigenvalue weighted by molar-refractivity contribution is 7.71. The molecule has 108 valence electrons. The fraction of sp³-hybridized carbons (Fsp3) is 0.250. The molecule has 0 aliphatic heterocycles. The molecule has 0 atom stereocenters. The van der Waals surface area contributed by atoms with Crippen molar-refractivity contribution >= 4 is 23.4 Å². The maximum absolute atomic E-state index is 13.1. The largest absolute Gasteiger partial charge is 0.329 e. The summed E-state index contributed by atoms with van der Waals surface area (Å²) < 4.78 is 15.8. The number of hydrogen-bond donors (Lipinski definition) is 1. The van der Waals surface area contributed by atoms with Crippen molar-refractivity contribution in [3.8, 4) is 0 Å². The van der Waals surface area contributed by atoms with Crippen molar-refractivity contribution in [2.45, 2.75) is 26.8 Å². The van der Waals surface area contributed by atoms with E-state index in [4.69, 9.17) is 12.2 Å². The van der Waals surface area contributed by atoms with Gasteiger partial charge in [0.1, 0.15) is 5.82 Å². The molecule has 0 radical (unpaired) electrons. The molecular weight excluding hydrogens is 285 g/mol. The van der Waals surface area contributed by atoms with Gasteiger partial charge in [-0.25, -0.2) is 9.37 Å². The first-order valence-corrected chi connectivity index (χ1v) is 7.26. The molecule has 1 N–H and O–H groups in total. The number of fused-ring (bicyclic) bond motifs is 1. The second-order valence-corrected chi connectivity index (χ2v) is 5.61. The van der Waals surface area contributed by atoms with Crippen LogP contribution in [0.5, 0.6) is 0 Å². The number of hydrogen-bond acceptors (Lipinski definition) is 2. The Morgan fingerprint density at radius 3 is 2.81 bits per heavy atom. The Labute approximate surface area is 127 Å². The Hall–Kier alpha value is -2.01. The number of benzene rings is 1. The lowest BCUT2D eigenvalue weighted by molar-refractivity contribution is 0.624. The molecule has 2 heterocycles. The molecule has 3 nitrogen and oxygen atoms in total. The van der Waals surface area contributed by atoms with Gasteiger partial charge in [-0.05, 0) is 67.9 Å². The molecule has 0 spiro atoms. The number of aromatic amines is 1. The Kier molecular flexibility index (Phi) is 3.59. The first-order valence-electron chi connectivity index (χ1n) is 6.86. The number of rotatable bonds is 3. The fourth-order valence-electron chi connectivity index (χ4n) is 2.50. The minimum absolute atomic E-state index is 0.197. The molecule has 0 bridgehead atoms. The summed E-state index contributed by atoms with van der Waals surface area (Å²) in [6, 6.07) is 8.85. The van der Waals surface area contributed by atoms with Gasteiger partial charge in [0, 0.05) is 12.2 Å². The van der Waals surface area contributed by atoms with Gasteiger partial charge in [-0.15, -0.1) is 0 Å². The van der Waals surface area contributed by atoms with Gasteiger partial charge in [-0.1, -0.05) is 6.07 Å². The standard InChI is InChI=1S/C16H16FN3S/c1-10-9-13(17)5-4-12(10)7-8-20-15-14(19-16(20)21)6-3-11(2)18-15/h3-6,9H,7-8H2,1-2H3,(H,19,21). The van der Waals surface area contributed by atoms with Gasteiger partial charge >= 0.3 is 0 Å². The number of halogens is 1. The number of aromatic nitrogens is 3. The third-order valence-electron chi connectivity index (χ3n) is 3.67. The van der Waals surface area contributed by atoms with Crippen LogP contribution in [-0.2, 0) is 13.0 Å². The minimum Gasteiger partial charge on any atom is -0.329 e. The molecule has 0 aliphatic carbocycles. The van der Waals surface area contributed by atoms with E-state index in [0.29, 0.717) is 4.77 Å². The average molecular weight is 301 g/mol. The summed E-state index contributed by atoms with van der Waals surface area (Å²) in [5.74, 6) is -0.197. The van der Waals surface area contributed by atoms with Gasteiger partial charge in [0.2, 0.25) is 0 Å². The molecule has 0 saturated heterocycles. The van der Waals surface area contributed by atoms with Gasteiger partial charge in [-0.3, -0.25) is 0 Å². The van der Waals surface area contributed by atoms with Crippen LogP contribution < -0.4 is 0 Å². The second kappa shape index (κ2) is 5.41. The molecule has 5 heteroatoms. The Morgan fingerprint density at radius 1 is 1.24 bits per heavy atom. The van der Waals surface area contributed by atoms with Crippen LogP contribution in [0.25, 0.3) is 11.2 Å². The van der Waals surface area contributed by atoms with Crippen LogP contribution in [0.1, 0.15) is 16.8 Å². The molecule has 2 aromatic heterocycles. The van der Waals surface area contributed by atoms with Crippen molar-refractivity contribution < 1.29 is 4.39 Å². The molecule has 0 amide bonds. The van der Waals surface area contributed by atoms with E-state index in [0.717, 1.165) is 41.0 Å². The van der Waals surface area contributed by atoms with Crippen LogP contribution in [0.4, 0.5) is 4.39 Å². The van der Waals surface area contributed by atoms with Crippen molar-refractivity contribution in [3.05, 3.63) is 57.7 Å². The lowest BCUT2D eigenvalue weighted by Crippen LogP contribution is -2.04. The minimum atomic E-state index is -0.197. The summed E-state index contributed by atoms with van der Waals surface area (Å²) in [5.41, 5.74) is 4.87. The summed E-state index contributed by atoms with van der Waals surface area (Å²) in [6.07, 6.45) is 0.795. The zero-order chi connectivity index (χ0) is 15.0. The van der Waals surface area contributed by atoms with Gasteiger partial charge < -0.3 is 9.55 Å². The van der Waals surface area contributed by atoms with Crippen molar-refractivity contribution in [1.82, 2.24) is 14.5 Å². The van der Waals surface area contributed by atoms with E-state index in [1.54, 1.807) is 6.07 Å². The highest BCUT2D eigenvalue weighted by Gasteiger charge is 2.07. The SMILES string of the molecule is Cc1ccc2[nH]c(=S)n(CCc3ccc(F)cc3C)c2n1. The second-order valence-electron chi connectivity index (χ2n) is 5.23. The van der Waals surface area contributed by atoms with Crippen LogP contribution >= 0.6 is 12.2 Å². The Balaban J connectivity index is 1.93. The third-order valence-corrected chi connectivity index (χ3v) is 3.99. The van der Waals surface area contributed by atoms with Gasteiger partial charge in [0.15, 0.2) is 10.4 Å². The third kappa shape index (κ3) is 2.74. The number of aryl methyl sites for hydroxylation is 4. The highest BCUT2D eigenvalue weighted by atomic mass is 32.1. The zero-order valence-electron chi connectivity index (χ0n) is 12.0. The van der Waals surface area contributed by atoms with Crippen molar-refractivity contribution in [2.24, 2.45) is 0 Å². The number of H-pyrrole nitrogens is 1. The topological polar surface area (TPSA) is 33.6 Å². The van der Waals surface area contributed by atoms with E-state index < -0.39 is 0 Å². The molecule has 3 aromatic rings. The Morgan fingerprint density at radius 2 is 2.05 bits per heavy atom. The predicted molar refractivity (Wildman–Crippen MR) is 84.5 cm³/mol. The first kappa shape index (κ1) is 13.9. The van der Waals surface area contributed by atoms with Crippen LogP contribution in [0.3, 0.4) is 0 Å². The average Bonchev–Trinajstić information content (AvgIpc) is 2.73. The summed E-state index contributed by atoms with van der Waals surface area (Å²) >= 11 is 5.37. The lowest BCUT2D eigenvalue weighted by atomic mass is 10.1. The molecule has 3 rings (SSSR count). The van der Waals surface area contributed by atoms with E-state index in [-0.39, 0.29) is 5.82 Å². The van der Waals surface area contributed by atoms with E-state index in [1.165, 1.54) is 6.07 Å². The maximum Gasteiger partial charge on any atom is 0.179 e. The molecule has 0 saturated carbocycles. The maximum atomic E-state index is 13.1. The van der Waals surface area contributed by atoms with Crippen LogP contribution in [-0.4, -0.2) is 14.5 Å². The van der Waals surface area contributed by atoms with Crippen molar-refractivity contribution in [2.75, 3.05) is 0 Å². The monoisotopic (exact) mass is 301 g/mol. The van der Waals surface area contributed by atoms with Crippen molar-refractivity contribution in [1.29, 1.82) is 0 Å². The normalized spacial score (nSPS) is 11.2. The van der Waals surface area contributed by atoms with Crippen molar-refractivity contribution in [3.63, 3.8) is 0 Å². The smallest absolute Gasteiger partial charge is 0.179 e. The van der Waals surface area contributed by atoms with E-state index in [1.807, 2.05) is 36.6 Å². The zero-order valence-corrected chi connectivity index (χ0v) is 12.8. The molecule has 0 unspecified atom stereocenters. The van der Waals surface area contributed by atoms with E-state index >= 15 is 0 Å². The summed E-state index contributed by atoms with van der Waals surface area (Å²) in [5, 5.41) is 0. The van der Waals surface area contributed by atoms with Gasteiger partial charge in [-0.2, -0.15) is 0 Å². The molecule has 21 heavy (non-hydrogen) atoms. The molecule has 0 fully saturated rings. The van der Waals surface area contributed by atoms with Gasteiger partial charge in [0.25, 0.3) is 0 Å². The quantitative estimate of drug-likeness (QED) is 0.739. The van der Waals surface area contributed by atoms with Crippen LogP contribution in [0.2, 0.25) is 0 Å². The predicted octanol–water partition coefficient (Wildman–Crippen LogP) is 4.09. The van der Waals surface area contributed by atoms with E-state index in [2.05, 4.69) is 9.97 Å². The molecule has 0 aliphatic rings. The van der Waals surface area contributed by atoms with Crippen LogP contribution in [0.15, 0.2) is 30.3 Å². The molecular formula is C16H16FN3S. The number of nitrogens with zero attached hydrogens (tertiary/aromatic N) is 2. The Bertz CT molecular complexity index is 864. The molecule has 1 aromatic carbocycles. The van der Waals surface area contributed by atoms with E-state index in [9.17, 15) is 4.39 Å². The number of nitrogens with one attached hydrogen (secondary N) is 1. The van der Waals surface area contributed by atoms with Gasteiger partial charge in [0.05, 0.1) is 5.52 Å². The number of imidazole rings is 1. The number of pyridine rings is 1. The summed E-state index contributed by atoms with van der Waals surface area (Å²) in [7, 11) is 0. The summed E-state index contributed by atoms with van der Waals surface area (Å²) in [6.45, 7) is 4.61. The fourth-order valence-corrected chi connectivity index (χ4v) is 2.79. The highest BCUT2D eigenvalue weighted by Crippen LogP contribution is 2.16.